The number of para-hydroxylation sites is 2. The molecule has 0 aliphatic carbocycles. The summed E-state index contributed by atoms with van der Waals surface area (Å²) >= 11 is 0. The minimum Gasteiger partial charge on any atom is -0.504 e. The summed E-state index contributed by atoms with van der Waals surface area (Å²) in [4.78, 5) is 0. The van der Waals surface area contributed by atoms with Gasteiger partial charge in [-0.05, 0) is 12.1 Å². The van der Waals surface area contributed by atoms with Crippen LogP contribution >= 0.6 is 0 Å². The van der Waals surface area contributed by atoms with Gasteiger partial charge < -0.3 is 9.52 Å². The fraction of sp³-hybridized carbons (Fsp3) is 0. The Morgan fingerprint density at radius 1 is 0.867 bits per heavy atom. The first kappa shape index (κ1) is 11.2. The Hall–Kier alpha value is -0.324. The Kier molecular flexibility index (Phi) is 3.18. The van der Waals surface area contributed by atoms with Crippen molar-refractivity contribution < 1.29 is 9.52 Å². The van der Waals surface area contributed by atoms with Gasteiger partial charge in [-0.2, -0.15) is 0 Å². The van der Waals surface area contributed by atoms with E-state index in [1.54, 1.807) is 6.07 Å². The van der Waals surface area contributed by atoms with Crippen LogP contribution in [0.3, 0.4) is 0 Å². The predicted molar refractivity (Wildman–Crippen MR) is 61.1 cm³/mol. The zero-order valence-corrected chi connectivity index (χ0v) is 11.5. The van der Waals surface area contributed by atoms with E-state index < -0.39 is 0 Å². The number of hydrogen-bond acceptors (Lipinski definition) is 2. The standard InChI is InChI=1S/C12H8O2.K/c13-10-6-3-5-9-8-4-1-2-7-11(8)14-12(9)10;/h1-7,13H;. The molecule has 3 heteroatoms. The normalized spacial score (nSPS) is 10.4. The van der Waals surface area contributed by atoms with Gasteiger partial charge in [0.2, 0.25) is 0 Å². The maximum atomic E-state index is 9.58. The Morgan fingerprint density at radius 2 is 1.60 bits per heavy atom. The molecular weight excluding hydrogens is 215 g/mol. The number of phenolic OH excluding ortho intramolecular Hbond substituents is 1. The molecule has 0 bridgehead atoms. The Morgan fingerprint density at radius 3 is 2.47 bits per heavy atom. The molecule has 0 aliphatic heterocycles. The first-order valence-corrected chi connectivity index (χ1v) is 4.45. The average Bonchev–Trinajstić information content (AvgIpc) is 2.59. The Labute approximate surface area is 129 Å². The number of rotatable bonds is 0. The molecule has 1 heterocycles. The van der Waals surface area contributed by atoms with Gasteiger partial charge in [-0.15, -0.1) is 0 Å². The van der Waals surface area contributed by atoms with Crippen molar-refractivity contribution >= 4 is 73.3 Å². The maximum Gasteiger partial charge on any atom is 0.176 e. The second kappa shape index (κ2) is 4.27. The van der Waals surface area contributed by atoms with Crippen molar-refractivity contribution in [3.05, 3.63) is 42.5 Å². The molecule has 0 spiro atoms. The molecule has 3 rings (SSSR count). The van der Waals surface area contributed by atoms with Crippen molar-refractivity contribution in [2.24, 2.45) is 0 Å². The molecule has 0 atom stereocenters. The van der Waals surface area contributed by atoms with Crippen molar-refractivity contribution in [1.29, 1.82) is 0 Å². The second-order valence-corrected chi connectivity index (χ2v) is 3.25. The van der Waals surface area contributed by atoms with E-state index in [-0.39, 0.29) is 57.1 Å². The molecule has 1 N–H and O–H groups in total. The molecule has 0 unspecified atom stereocenters. The molecule has 15 heavy (non-hydrogen) atoms. The van der Waals surface area contributed by atoms with E-state index >= 15 is 0 Å². The smallest absolute Gasteiger partial charge is 0.176 e. The number of aromatic hydroxyl groups is 1. The van der Waals surface area contributed by atoms with Gasteiger partial charge in [-0.3, -0.25) is 0 Å². The summed E-state index contributed by atoms with van der Waals surface area (Å²) in [6, 6.07) is 13.2. The molecule has 2 nitrogen and oxygen atoms in total. The van der Waals surface area contributed by atoms with E-state index in [0.717, 1.165) is 16.4 Å². The summed E-state index contributed by atoms with van der Waals surface area (Å²) in [5, 5.41) is 11.6. The fourth-order valence-corrected chi connectivity index (χ4v) is 1.73. The first-order valence-electron chi connectivity index (χ1n) is 4.45. The summed E-state index contributed by atoms with van der Waals surface area (Å²) in [6.45, 7) is 0. The monoisotopic (exact) mass is 223 g/mol. The largest absolute Gasteiger partial charge is 0.504 e. The minimum absolute atomic E-state index is 0. The summed E-state index contributed by atoms with van der Waals surface area (Å²) in [5.74, 6) is 0.193. The van der Waals surface area contributed by atoms with Crippen LogP contribution in [-0.2, 0) is 0 Å². The zero-order chi connectivity index (χ0) is 9.54. The van der Waals surface area contributed by atoms with Crippen LogP contribution in [0.15, 0.2) is 46.9 Å². The Balaban J connectivity index is 0.000000853. The van der Waals surface area contributed by atoms with Crippen LogP contribution in [0.2, 0.25) is 0 Å². The first-order chi connectivity index (χ1) is 6.86. The third-order valence-corrected chi connectivity index (χ3v) is 2.38. The average molecular weight is 223 g/mol. The molecule has 0 amide bonds. The molecule has 69 valence electrons. The minimum atomic E-state index is 0. The van der Waals surface area contributed by atoms with Crippen LogP contribution in [0.1, 0.15) is 0 Å². The molecule has 1 aromatic heterocycles. The topological polar surface area (TPSA) is 33.4 Å². The second-order valence-electron chi connectivity index (χ2n) is 3.25. The molecule has 2 aromatic carbocycles. The van der Waals surface area contributed by atoms with Gasteiger partial charge >= 0.3 is 0 Å². The molecule has 0 saturated carbocycles. The van der Waals surface area contributed by atoms with Crippen LogP contribution in [-0.4, -0.2) is 56.5 Å². The van der Waals surface area contributed by atoms with Crippen LogP contribution in [0.25, 0.3) is 21.9 Å². The van der Waals surface area contributed by atoms with E-state index in [1.807, 2.05) is 36.4 Å². The van der Waals surface area contributed by atoms with E-state index in [0.29, 0.717) is 5.58 Å². The van der Waals surface area contributed by atoms with Gasteiger partial charge in [0.05, 0.1) is 0 Å². The van der Waals surface area contributed by atoms with Crippen LogP contribution in [0.4, 0.5) is 0 Å². The van der Waals surface area contributed by atoms with E-state index in [9.17, 15) is 5.11 Å². The molecule has 0 aliphatic rings. The summed E-state index contributed by atoms with van der Waals surface area (Å²) in [7, 11) is 0. The van der Waals surface area contributed by atoms with Crippen molar-refractivity contribution in [2.45, 2.75) is 0 Å². The maximum absolute atomic E-state index is 9.58. The van der Waals surface area contributed by atoms with Gasteiger partial charge in [-0.25, -0.2) is 0 Å². The zero-order valence-electron chi connectivity index (χ0n) is 8.40. The SMILES string of the molecule is Oc1cccc2c1oc1ccccc12.[K]. The van der Waals surface area contributed by atoms with Crippen LogP contribution < -0.4 is 0 Å². The number of hydrogen-bond donors (Lipinski definition) is 1. The van der Waals surface area contributed by atoms with Crippen molar-refractivity contribution in [2.75, 3.05) is 0 Å². The third-order valence-electron chi connectivity index (χ3n) is 2.38. The van der Waals surface area contributed by atoms with Crippen LogP contribution in [0.5, 0.6) is 5.75 Å². The number of fused-ring (bicyclic) bond motifs is 3. The van der Waals surface area contributed by atoms with E-state index in [1.165, 1.54) is 0 Å². The van der Waals surface area contributed by atoms with Crippen molar-refractivity contribution in [3.8, 4) is 5.75 Å². The van der Waals surface area contributed by atoms with E-state index in [4.69, 9.17) is 4.42 Å². The molecule has 1 radical (unpaired) electrons. The number of phenols is 1. The van der Waals surface area contributed by atoms with Gasteiger partial charge in [0.25, 0.3) is 0 Å². The van der Waals surface area contributed by atoms with E-state index in [2.05, 4.69) is 0 Å². The third kappa shape index (κ3) is 1.75. The number of furan rings is 1. The van der Waals surface area contributed by atoms with Gasteiger partial charge in [0.1, 0.15) is 5.58 Å². The van der Waals surface area contributed by atoms with Gasteiger partial charge in [0, 0.05) is 62.2 Å². The van der Waals surface area contributed by atoms with Crippen LogP contribution in [0, 0.1) is 0 Å². The van der Waals surface area contributed by atoms with Gasteiger partial charge in [0.15, 0.2) is 11.3 Å². The Bertz CT molecular complexity index is 613. The fourth-order valence-electron chi connectivity index (χ4n) is 1.73. The molecule has 3 aromatic rings. The molecular formula is C12H8KO2. The summed E-state index contributed by atoms with van der Waals surface area (Å²) in [6.07, 6.45) is 0. The summed E-state index contributed by atoms with van der Waals surface area (Å²) < 4.78 is 5.53. The molecule has 0 fully saturated rings. The quantitative estimate of drug-likeness (QED) is 0.594. The summed E-state index contributed by atoms with van der Waals surface area (Å²) in [5.41, 5.74) is 1.37. The predicted octanol–water partition coefficient (Wildman–Crippen LogP) is 2.91. The van der Waals surface area contributed by atoms with Crippen molar-refractivity contribution in [3.63, 3.8) is 0 Å². The molecule has 0 saturated heterocycles. The van der Waals surface area contributed by atoms with Gasteiger partial charge in [-0.1, -0.05) is 30.3 Å². The number of benzene rings is 2. The van der Waals surface area contributed by atoms with Crippen molar-refractivity contribution in [1.82, 2.24) is 0 Å².